The number of nitrogens with one attached hydrogen (secondary N) is 1. The van der Waals surface area contributed by atoms with Gasteiger partial charge < -0.3 is 4.74 Å². The molecule has 5 nitrogen and oxygen atoms in total. The van der Waals surface area contributed by atoms with Crippen LogP contribution in [0, 0.1) is 0 Å². The van der Waals surface area contributed by atoms with Crippen LogP contribution in [0.15, 0.2) is 41.3 Å². The molecule has 0 spiro atoms. The van der Waals surface area contributed by atoms with E-state index < -0.39 is 10.0 Å². The lowest BCUT2D eigenvalue weighted by atomic mass is 10.2. The zero-order chi connectivity index (χ0) is 13.7. The van der Waals surface area contributed by atoms with Crippen LogP contribution in [0.2, 0.25) is 0 Å². The van der Waals surface area contributed by atoms with E-state index in [2.05, 4.69) is 9.71 Å². The molecular formula is C12H12N2O3S2. The maximum Gasteiger partial charge on any atom is 0.256 e. The minimum absolute atomic E-state index is 0.347. The van der Waals surface area contributed by atoms with Crippen molar-refractivity contribution in [3.8, 4) is 5.75 Å². The molecule has 0 aliphatic heterocycles. The third kappa shape index (κ3) is 4.08. The number of aromatic nitrogens is 1. The molecule has 0 radical (unpaired) electrons. The fourth-order valence-electron chi connectivity index (χ4n) is 1.31. The van der Waals surface area contributed by atoms with Crippen molar-refractivity contribution in [2.75, 3.05) is 11.8 Å². The van der Waals surface area contributed by atoms with Crippen LogP contribution in [0.5, 0.6) is 5.75 Å². The van der Waals surface area contributed by atoms with Gasteiger partial charge in [-0.15, -0.1) is 11.3 Å². The highest BCUT2D eigenvalue weighted by Gasteiger charge is 2.06. The average Bonchev–Trinajstić information content (AvgIpc) is 2.89. The zero-order valence-electron chi connectivity index (χ0n) is 10.1. The molecule has 1 heterocycles. The van der Waals surface area contributed by atoms with Crippen LogP contribution < -0.4 is 9.46 Å². The predicted octanol–water partition coefficient (Wildman–Crippen LogP) is 2.56. The Morgan fingerprint density at radius 3 is 2.63 bits per heavy atom. The van der Waals surface area contributed by atoms with Crippen molar-refractivity contribution in [3.63, 3.8) is 0 Å². The highest BCUT2D eigenvalue weighted by atomic mass is 32.2. The number of anilines is 1. The standard InChI is InChI=1S/C12H12N2O3S2/c1-17-11-4-2-10(3-5-11)6-9-19(15,16)14-12-13-7-8-18-12/h2-9H,1H3,(H,13,14). The molecule has 1 aromatic heterocycles. The number of hydrogen-bond acceptors (Lipinski definition) is 5. The molecule has 0 amide bonds. The quantitative estimate of drug-likeness (QED) is 0.920. The Bertz CT molecular complexity index is 647. The Morgan fingerprint density at radius 1 is 1.32 bits per heavy atom. The summed E-state index contributed by atoms with van der Waals surface area (Å²) in [6, 6.07) is 7.07. The number of sulfonamides is 1. The average molecular weight is 296 g/mol. The van der Waals surface area contributed by atoms with E-state index in [9.17, 15) is 8.42 Å². The summed E-state index contributed by atoms with van der Waals surface area (Å²) in [5.74, 6) is 0.723. The van der Waals surface area contributed by atoms with Crippen molar-refractivity contribution in [1.82, 2.24) is 4.98 Å². The normalized spacial score (nSPS) is 11.6. The zero-order valence-corrected chi connectivity index (χ0v) is 11.7. The maximum absolute atomic E-state index is 11.7. The Labute approximate surface area is 115 Å². The summed E-state index contributed by atoms with van der Waals surface area (Å²) in [7, 11) is -1.96. The van der Waals surface area contributed by atoms with Gasteiger partial charge in [-0.3, -0.25) is 4.72 Å². The van der Waals surface area contributed by atoms with E-state index in [1.165, 1.54) is 23.6 Å². The minimum atomic E-state index is -3.53. The van der Waals surface area contributed by atoms with Crippen LogP contribution in [0.3, 0.4) is 0 Å². The van der Waals surface area contributed by atoms with Gasteiger partial charge in [0.1, 0.15) is 5.75 Å². The van der Waals surface area contributed by atoms with Gasteiger partial charge in [0.05, 0.1) is 12.5 Å². The summed E-state index contributed by atoms with van der Waals surface area (Å²) in [6.07, 6.45) is 3.05. The van der Waals surface area contributed by atoms with E-state index >= 15 is 0 Å². The van der Waals surface area contributed by atoms with Crippen LogP contribution in [-0.2, 0) is 10.0 Å². The van der Waals surface area contributed by atoms with Gasteiger partial charge >= 0.3 is 0 Å². The molecule has 0 aliphatic rings. The predicted molar refractivity (Wildman–Crippen MR) is 76.7 cm³/mol. The van der Waals surface area contributed by atoms with Gasteiger partial charge in [0.15, 0.2) is 5.13 Å². The van der Waals surface area contributed by atoms with Gasteiger partial charge in [-0.05, 0) is 23.8 Å². The smallest absolute Gasteiger partial charge is 0.256 e. The summed E-state index contributed by atoms with van der Waals surface area (Å²) in [4.78, 5) is 3.86. The molecule has 2 aromatic rings. The van der Waals surface area contributed by atoms with Crippen molar-refractivity contribution >= 4 is 32.6 Å². The van der Waals surface area contributed by atoms with Crippen molar-refractivity contribution in [2.45, 2.75) is 0 Å². The summed E-state index contributed by atoms with van der Waals surface area (Å²) in [6.45, 7) is 0. The molecular weight excluding hydrogens is 284 g/mol. The van der Waals surface area contributed by atoms with Crippen molar-refractivity contribution in [1.29, 1.82) is 0 Å². The van der Waals surface area contributed by atoms with Gasteiger partial charge in [-0.1, -0.05) is 12.1 Å². The first-order chi connectivity index (χ1) is 9.09. The van der Waals surface area contributed by atoms with Crippen molar-refractivity contribution < 1.29 is 13.2 Å². The lowest BCUT2D eigenvalue weighted by Gasteiger charge is -2.00. The Morgan fingerprint density at radius 2 is 2.05 bits per heavy atom. The molecule has 0 unspecified atom stereocenters. The number of benzene rings is 1. The molecule has 1 N–H and O–H groups in total. The molecule has 0 aliphatic carbocycles. The molecule has 1 aromatic carbocycles. The second-order valence-electron chi connectivity index (χ2n) is 3.56. The fourth-order valence-corrected chi connectivity index (χ4v) is 2.93. The highest BCUT2D eigenvalue weighted by Crippen LogP contribution is 2.15. The van der Waals surface area contributed by atoms with Gasteiger partial charge in [0.25, 0.3) is 10.0 Å². The summed E-state index contributed by atoms with van der Waals surface area (Å²) in [5.41, 5.74) is 0.769. The summed E-state index contributed by atoms with van der Waals surface area (Å²) >= 11 is 1.22. The van der Waals surface area contributed by atoms with E-state index in [-0.39, 0.29) is 0 Å². The minimum Gasteiger partial charge on any atom is -0.497 e. The fraction of sp³-hybridized carbons (Fsp3) is 0.0833. The SMILES string of the molecule is COc1ccc(C=CS(=O)(=O)Nc2nccs2)cc1. The molecule has 0 fully saturated rings. The van der Waals surface area contributed by atoms with Gasteiger partial charge in [0.2, 0.25) is 0 Å². The Balaban J connectivity index is 2.08. The lowest BCUT2D eigenvalue weighted by molar-refractivity contribution is 0.415. The monoisotopic (exact) mass is 296 g/mol. The number of hydrogen-bond donors (Lipinski definition) is 1. The van der Waals surface area contributed by atoms with E-state index in [4.69, 9.17) is 4.74 Å². The molecule has 0 saturated carbocycles. The first kappa shape index (κ1) is 13.6. The topological polar surface area (TPSA) is 68.3 Å². The van der Waals surface area contributed by atoms with Crippen LogP contribution in [0.25, 0.3) is 6.08 Å². The van der Waals surface area contributed by atoms with Crippen LogP contribution >= 0.6 is 11.3 Å². The van der Waals surface area contributed by atoms with Crippen molar-refractivity contribution in [3.05, 3.63) is 46.8 Å². The molecule has 100 valence electrons. The van der Waals surface area contributed by atoms with E-state index in [1.54, 1.807) is 36.8 Å². The molecule has 0 saturated heterocycles. The Hall–Kier alpha value is -1.86. The van der Waals surface area contributed by atoms with E-state index in [1.807, 2.05) is 0 Å². The first-order valence-electron chi connectivity index (χ1n) is 5.33. The number of ether oxygens (including phenoxy) is 1. The highest BCUT2D eigenvalue weighted by molar-refractivity contribution is 7.95. The Kier molecular flexibility index (Phi) is 4.18. The van der Waals surface area contributed by atoms with Crippen LogP contribution in [-0.4, -0.2) is 20.5 Å². The molecule has 0 bridgehead atoms. The molecule has 7 heteroatoms. The van der Waals surface area contributed by atoms with E-state index in [0.717, 1.165) is 16.7 Å². The van der Waals surface area contributed by atoms with Gasteiger partial charge in [-0.25, -0.2) is 13.4 Å². The lowest BCUT2D eigenvalue weighted by Crippen LogP contribution is -2.08. The van der Waals surface area contributed by atoms with Gasteiger partial charge in [-0.2, -0.15) is 0 Å². The number of thiazole rings is 1. The summed E-state index contributed by atoms with van der Waals surface area (Å²) in [5, 5.41) is 3.15. The molecule has 19 heavy (non-hydrogen) atoms. The first-order valence-corrected chi connectivity index (χ1v) is 7.76. The number of nitrogens with zero attached hydrogens (tertiary/aromatic N) is 1. The summed E-state index contributed by atoms with van der Waals surface area (Å²) < 4.78 is 30.9. The molecule has 2 rings (SSSR count). The van der Waals surface area contributed by atoms with Crippen LogP contribution in [0.4, 0.5) is 5.13 Å². The van der Waals surface area contributed by atoms with E-state index in [0.29, 0.717) is 5.13 Å². The van der Waals surface area contributed by atoms with Crippen molar-refractivity contribution in [2.24, 2.45) is 0 Å². The molecule has 0 atom stereocenters. The number of rotatable bonds is 5. The largest absolute Gasteiger partial charge is 0.497 e. The number of methoxy groups -OCH3 is 1. The second kappa shape index (κ2) is 5.85. The van der Waals surface area contributed by atoms with Gasteiger partial charge in [0, 0.05) is 11.6 Å². The van der Waals surface area contributed by atoms with Crippen LogP contribution in [0.1, 0.15) is 5.56 Å². The third-order valence-corrected chi connectivity index (χ3v) is 4.01. The second-order valence-corrected chi connectivity index (χ2v) is 6.02. The third-order valence-electron chi connectivity index (χ3n) is 2.22. The maximum atomic E-state index is 11.7.